The van der Waals surface area contributed by atoms with Crippen LogP contribution in [0.3, 0.4) is 0 Å². The summed E-state index contributed by atoms with van der Waals surface area (Å²) in [6, 6.07) is 6.08. The number of nitrogens with one attached hydrogen (secondary N) is 2. The summed E-state index contributed by atoms with van der Waals surface area (Å²) in [7, 11) is 0. The largest absolute Gasteiger partial charge is 0.358 e. The van der Waals surface area contributed by atoms with E-state index in [2.05, 4.69) is 23.3 Å². The third kappa shape index (κ3) is 1.53. The van der Waals surface area contributed by atoms with Crippen LogP contribution in [0.1, 0.15) is 23.6 Å². The highest BCUT2D eigenvalue weighted by Gasteiger charge is 2.21. The van der Waals surface area contributed by atoms with Crippen LogP contribution in [0.4, 0.5) is 0 Å². The molecule has 2 aromatic rings. The van der Waals surface area contributed by atoms with Crippen LogP contribution in [0.2, 0.25) is 5.02 Å². The molecule has 3 heteroatoms. The maximum Gasteiger partial charge on any atom is 0.0473 e. The van der Waals surface area contributed by atoms with E-state index in [0.29, 0.717) is 5.92 Å². The molecule has 0 saturated carbocycles. The van der Waals surface area contributed by atoms with Crippen molar-refractivity contribution >= 4 is 22.5 Å². The highest BCUT2D eigenvalue weighted by molar-refractivity contribution is 6.31. The van der Waals surface area contributed by atoms with Gasteiger partial charge in [0.1, 0.15) is 0 Å². The Hall–Kier alpha value is -0.990. The van der Waals surface area contributed by atoms with E-state index in [0.717, 1.165) is 23.6 Å². The maximum atomic E-state index is 6.01. The highest BCUT2D eigenvalue weighted by Crippen LogP contribution is 2.31. The molecule has 3 rings (SSSR count). The van der Waals surface area contributed by atoms with Gasteiger partial charge in [0.2, 0.25) is 0 Å². The Bertz CT molecular complexity index is 524. The Kier molecular flexibility index (Phi) is 2.41. The summed E-state index contributed by atoms with van der Waals surface area (Å²) in [4.78, 5) is 3.52. The van der Waals surface area contributed by atoms with E-state index in [1.165, 1.54) is 23.1 Å². The molecule has 1 unspecified atom stereocenters. The van der Waals surface area contributed by atoms with E-state index in [1.807, 2.05) is 12.1 Å². The predicted octanol–water partition coefficient (Wildman–Crippen LogP) is 3.21. The van der Waals surface area contributed by atoms with E-state index in [1.54, 1.807) is 0 Å². The fourth-order valence-corrected chi connectivity index (χ4v) is 2.81. The van der Waals surface area contributed by atoms with Crippen LogP contribution in [-0.2, 0) is 0 Å². The molecular weight excluding hydrogens is 220 g/mol. The third-order valence-corrected chi connectivity index (χ3v) is 3.76. The minimum atomic E-state index is 0.631. The minimum absolute atomic E-state index is 0.631. The van der Waals surface area contributed by atoms with Crippen LogP contribution in [0.5, 0.6) is 0 Å². The number of halogens is 1. The van der Waals surface area contributed by atoms with Gasteiger partial charge >= 0.3 is 0 Å². The molecule has 1 aromatic carbocycles. The van der Waals surface area contributed by atoms with Crippen LogP contribution in [0.25, 0.3) is 10.9 Å². The summed E-state index contributed by atoms with van der Waals surface area (Å²) in [5, 5.41) is 5.50. The van der Waals surface area contributed by atoms with Crippen LogP contribution in [0.15, 0.2) is 18.2 Å². The molecule has 1 aliphatic heterocycles. The van der Waals surface area contributed by atoms with Crippen LogP contribution in [-0.4, -0.2) is 18.1 Å². The van der Waals surface area contributed by atoms with Gasteiger partial charge in [-0.15, -0.1) is 0 Å². The molecular formula is C13H15ClN2. The summed E-state index contributed by atoms with van der Waals surface area (Å²) in [6.45, 7) is 4.40. The molecule has 0 radical (unpaired) electrons. The first kappa shape index (κ1) is 10.2. The molecule has 1 aliphatic rings. The Morgan fingerprint density at radius 2 is 2.25 bits per heavy atom. The fourth-order valence-electron chi connectivity index (χ4n) is 2.64. The highest BCUT2D eigenvalue weighted by atomic mass is 35.5. The maximum absolute atomic E-state index is 6.01. The number of rotatable bonds is 1. The van der Waals surface area contributed by atoms with E-state index >= 15 is 0 Å². The molecule has 0 spiro atoms. The first-order valence-electron chi connectivity index (χ1n) is 5.74. The van der Waals surface area contributed by atoms with Gasteiger partial charge < -0.3 is 10.3 Å². The van der Waals surface area contributed by atoms with Crippen LogP contribution >= 0.6 is 11.6 Å². The summed E-state index contributed by atoms with van der Waals surface area (Å²) >= 11 is 6.01. The van der Waals surface area contributed by atoms with E-state index in [-0.39, 0.29) is 0 Å². The van der Waals surface area contributed by atoms with E-state index in [4.69, 9.17) is 11.6 Å². The molecule has 0 amide bonds. The second-order valence-electron chi connectivity index (χ2n) is 4.54. The molecule has 1 fully saturated rings. The number of hydrogen-bond acceptors (Lipinski definition) is 1. The van der Waals surface area contributed by atoms with Crippen molar-refractivity contribution in [2.45, 2.75) is 19.3 Å². The first-order valence-corrected chi connectivity index (χ1v) is 6.12. The Morgan fingerprint density at radius 1 is 1.38 bits per heavy atom. The molecule has 1 atom stereocenters. The summed E-state index contributed by atoms with van der Waals surface area (Å²) in [5.74, 6) is 0.631. The van der Waals surface area contributed by atoms with Crippen molar-refractivity contribution in [2.75, 3.05) is 13.1 Å². The predicted molar refractivity (Wildman–Crippen MR) is 68.3 cm³/mol. The fraction of sp³-hybridized carbons (Fsp3) is 0.385. The lowest BCUT2D eigenvalue weighted by Crippen LogP contribution is -2.08. The number of hydrogen-bond donors (Lipinski definition) is 2. The lowest BCUT2D eigenvalue weighted by atomic mass is 10.0. The van der Waals surface area contributed by atoms with Crippen LogP contribution < -0.4 is 5.32 Å². The number of aromatic amines is 1. The second-order valence-corrected chi connectivity index (χ2v) is 4.98. The van der Waals surface area contributed by atoms with Gasteiger partial charge in [-0.3, -0.25) is 0 Å². The molecule has 84 valence electrons. The third-order valence-electron chi connectivity index (χ3n) is 3.53. The molecule has 2 N–H and O–H groups in total. The summed E-state index contributed by atoms with van der Waals surface area (Å²) in [6.07, 6.45) is 1.22. The van der Waals surface area contributed by atoms with E-state index in [9.17, 15) is 0 Å². The van der Waals surface area contributed by atoms with Crippen molar-refractivity contribution in [3.05, 3.63) is 34.5 Å². The van der Waals surface area contributed by atoms with Crippen molar-refractivity contribution < 1.29 is 0 Å². The van der Waals surface area contributed by atoms with Crippen molar-refractivity contribution in [3.63, 3.8) is 0 Å². The average Bonchev–Trinajstić information content (AvgIpc) is 2.86. The van der Waals surface area contributed by atoms with Gasteiger partial charge in [0.05, 0.1) is 0 Å². The molecule has 2 heterocycles. The monoisotopic (exact) mass is 234 g/mol. The van der Waals surface area contributed by atoms with Crippen molar-refractivity contribution in [1.29, 1.82) is 0 Å². The number of aryl methyl sites for hydroxylation is 1. The Morgan fingerprint density at radius 3 is 3.00 bits per heavy atom. The van der Waals surface area contributed by atoms with Gasteiger partial charge in [-0.1, -0.05) is 17.7 Å². The van der Waals surface area contributed by atoms with Gasteiger partial charge in [0.15, 0.2) is 0 Å². The van der Waals surface area contributed by atoms with Crippen LogP contribution in [0, 0.1) is 6.92 Å². The molecule has 2 nitrogen and oxygen atoms in total. The molecule has 0 bridgehead atoms. The van der Waals surface area contributed by atoms with Gasteiger partial charge in [-0.2, -0.15) is 0 Å². The molecule has 16 heavy (non-hydrogen) atoms. The van der Waals surface area contributed by atoms with Gasteiger partial charge in [-0.25, -0.2) is 0 Å². The Labute approximate surface area is 100.0 Å². The number of aromatic nitrogens is 1. The SMILES string of the molecule is Cc1c(C2CCNC2)[nH]c2cc(Cl)ccc12. The summed E-state index contributed by atoms with van der Waals surface area (Å²) in [5.41, 5.74) is 3.91. The topological polar surface area (TPSA) is 27.8 Å². The quantitative estimate of drug-likeness (QED) is 0.779. The lowest BCUT2D eigenvalue weighted by Gasteiger charge is -2.06. The molecule has 0 aliphatic carbocycles. The van der Waals surface area contributed by atoms with Gasteiger partial charge in [0, 0.05) is 34.1 Å². The first-order chi connectivity index (χ1) is 7.75. The average molecular weight is 235 g/mol. The Balaban J connectivity index is 2.14. The molecule has 1 aromatic heterocycles. The number of benzene rings is 1. The second kappa shape index (κ2) is 3.79. The van der Waals surface area contributed by atoms with Crippen molar-refractivity contribution in [1.82, 2.24) is 10.3 Å². The zero-order valence-electron chi connectivity index (χ0n) is 9.31. The normalized spacial score (nSPS) is 20.8. The van der Waals surface area contributed by atoms with Gasteiger partial charge in [0.25, 0.3) is 0 Å². The van der Waals surface area contributed by atoms with E-state index < -0.39 is 0 Å². The minimum Gasteiger partial charge on any atom is -0.358 e. The molecule has 1 saturated heterocycles. The number of fused-ring (bicyclic) bond motifs is 1. The smallest absolute Gasteiger partial charge is 0.0473 e. The zero-order chi connectivity index (χ0) is 11.1. The van der Waals surface area contributed by atoms with Gasteiger partial charge in [-0.05, 0) is 37.6 Å². The van der Waals surface area contributed by atoms with Crippen molar-refractivity contribution in [2.24, 2.45) is 0 Å². The summed E-state index contributed by atoms with van der Waals surface area (Å²) < 4.78 is 0. The lowest BCUT2D eigenvalue weighted by molar-refractivity contribution is 0.738. The van der Waals surface area contributed by atoms with Crippen molar-refractivity contribution in [3.8, 4) is 0 Å². The zero-order valence-corrected chi connectivity index (χ0v) is 10.1. The standard InChI is InChI=1S/C13H15ClN2/c1-8-11-3-2-10(14)6-12(11)16-13(8)9-4-5-15-7-9/h2-3,6,9,15-16H,4-5,7H2,1H3. The number of H-pyrrole nitrogens is 1.